The summed E-state index contributed by atoms with van der Waals surface area (Å²) in [5.74, 6) is 1.03. The number of rotatable bonds is 5. The maximum atomic E-state index is 12.1. The molecule has 0 spiro atoms. The molecule has 1 amide bonds. The summed E-state index contributed by atoms with van der Waals surface area (Å²) in [4.78, 5) is 24.8. The van der Waals surface area contributed by atoms with E-state index in [2.05, 4.69) is 30.5 Å². The van der Waals surface area contributed by atoms with Crippen LogP contribution in [-0.4, -0.2) is 31.1 Å². The van der Waals surface area contributed by atoms with E-state index in [0.29, 0.717) is 23.1 Å². The number of anilines is 1. The zero-order valence-corrected chi connectivity index (χ0v) is 13.0. The van der Waals surface area contributed by atoms with Gasteiger partial charge in [0.2, 0.25) is 5.91 Å². The third kappa shape index (κ3) is 3.26. The molecule has 4 rings (SSSR count). The van der Waals surface area contributed by atoms with Crippen molar-refractivity contribution >= 4 is 23.1 Å². The molecule has 0 aliphatic heterocycles. The Kier molecular flexibility index (Phi) is 3.58. The molecule has 7 nitrogen and oxygen atoms in total. The van der Waals surface area contributed by atoms with Crippen LogP contribution in [0.5, 0.6) is 0 Å². The Balaban J connectivity index is 1.39. The fourth-order valence-corrected chi connectivity index (χ4v) is 3.05. The van der Waals surface area contributed by atoms with Gasteiger partial charge in [0.1, 0.15) is 10.7 Å². The minimum Gasteiger partial charge on any atom is -0.309 e. The van der Waals surface area contributed by atoms with Crippen molar-refractivity contribution in [3.63, 3.8) is 0 Å². The zero-order valence-electron chi connectivity index (χ0n) is 12.2. The molecule has 2 N–H and O–H groups in total. The Morgan fingerprint density at radius 1 is 1.39 bits per heavy atom. The van der Waals surface area contributed by atoms with Crippen molar-refractivity contribution in [1.82, 2.24) is 25.1 Å². The van der Waals surface area contributed by atoms with Gasteiger partial charge in [-0.3, -0.25) is 19.9 Å². The molecule has 3 heterocycles. The van der Waals surface area contributed by atoms with Crippen molar-refractivity contribution < 1.29 is 4.79 Å². The van der Waals surface area contributed by atoms with Gasteiger partial charge in [-0.1, -0.05) is 0 Å². The van der Waals surface area contributed by atoms with Gasteiger partial charge in [-0.15, -0.1) is 11.3 Å². The summed E-state index contributed by atoms with van der Waals surface area (Å²) < 4.78 is 0. The van der Waals surface area contributed by atoms with Gasteiger partial charge in [0, 0.05) is 35.5 Å². The number of carbonyl (C=O) groups is 1. The maximum absolute atomic E-state index is 12.1. The maximum Gasteiger partial charge on any atom is 0.231 e. The Hall–Kier alpha value is -2.61. The van der Waals surface area contributed by atoms with E-state index in [4.69, 9.17) is 0 Å². The number of thiazole rings is 1. The van der Waals surface area contributed by atoms with Crippen LogP contribution in [0.3, 0.4) is 0 Å². The van der Waals surface area contributed by atoms with Gasteiger partial charge in [0.15, 0.2) is 5.82 Å². The molecule has 0 bridgehead atoms. The molecule has 1 aliphatic rings. The molecular formula is C15H14N6OS. The van der Waals surface area contributed by atoms with Crippen molar-refractivity contribution in [3.05, 3.63) is 41.4 Å². The molecule has 0 atom stereocenters. The van der Waals surface area contributed by atoms with E-state index >= 15 is 0 Å². The third-order valence-corrected chi connectivity index (χ3v) is 4.47. The molecule has 0 saturated heterocycles. The van der Waals surface area contributed by atoms with E-state index in [1.54, 1.807) is 18.6 Å². The number of aromatic nitrogens is 5. The predicted octanol–water partition coefficient (Wildman–Crippen LogP) is 2.38. The van der Waals surface area contributed by atoms with Gasteiger partial charge in [0.05, 0.1) is 18.3 Å². The number of H-pyrrole nitrogens is 1. The number of hydrogen-bond donors (Lipinski definition) is 2. The minimum absolute atomic E-state index is 0.130. The second-order valence-corrected chi connectivity index (χ2v) is 6.30. The van der Waals surface area contributed by atoms with Crippen LogP contribution in [0.25, 0.3) is 10.7 Å². The molecule has 1 fully saturated rings. The molecule has 8 heteroatoms. The molecule has 1 aliphatic carbocycles. The van der Waals surface area contributed by atoms with Crippen LogP contribution in [0, 0.1) is 0 Å². The van der Waals surface area contributed by atoms with Crippen molar-refractivity contribution in [1.29, 1.82) is 0 Å². The van der Waals surface area contributed by atoms with Gasteiger partial charge >= 0.3 is 0 Å². The molecule has 1 saturated carbocycles. The summed E-state index contributed by atoms with van der Waals surface area (Å²) in [5, 5.41) is 12.5. The van der Waals surface area contributed by atoms with Crippen LogP contribution in [0.4, 0.5) is 5.82 Å². The lowest BCUT2D eigenvalue weighted by Gasteiger charge is -1.99. The van der Waals surface area contributed by atoms with Crippen molar-refractivity contribution in [3.8, 4) is 10.7 Å². The lowest BCUT2D eigenvalue weighted by Crippen LogP contribution is -2.14. The average molecular weight is 326 g/mol. The van der Waals surface area contributed by atoms with E-state index in [-0.39, 0.29) is 12.3 Å². The van der Waals surface area contributed by atoms with Gasteiger partial charge in [-0.05, 0) is 12.8 Å². The normalized spacial score (nSPS) is 13.9. The first-order valence-corrected chi connectivity index (χ1v) is 8.22. The van der Waals surface area contributed by atoms with Crippen molar-refractivity contribution in [2.75, 3.05) is 5.32 Å². The third-order valence-electron chi connectivity index (χ3n) is 3.56. The molecule has 3 aromatic heterocycles. The van der Waals surface area contributed by atoms with Crippen molar-refractivity contribution in [2.24, 2.45) is 0 Å². The Morgan fingerprint density at radius 2 is 2.30 bits per heavy atom. The number of nitrogens with zero attached hydrogens (tertiary/aromatic N) is 4. The average Bonchev–Trinajstić information content (AvgIpc) is 3.14. The van der Waals surface area contributed by atoms with Gasteiger partial charge in [-0.25, -0.2) is 4.98 Å². The van der Waals surface area contributed by atoms with Crippen LogP contribution in [-0.2, 0) is 11.2 Å². The van der Waals surface area contributed by atoms with E-state index in [1.807, 2.05) is 11.4 Å². The summed E-state index contributed by atoms with van der Waals surface area (Å²) >= 11 is 1.45. The lowest BCUT2D eigenvalue weighted by molar-refractivity contribution is -0.115. The lowest BCUT2D eigenvalue weighted by atomic mass is 10.3. The summed E-state index contributed by atoms with van der Waals surface area (Å²) in [5.41, 5.74) is 2.52. The number of hydrogen-bond acceptors (Lipinski definition) is 6. The Bertz CT molecular complexity index is 823. The summed E-state index contributed by atoms with van der Waals surface area (Å²) in [6, 6.07) is 1.90. The molecule has 0 radical (unpaired) electrons. The van der Waals surface area contributed by atoms with Crippen LogP contribution < -0.4 is 5.32 Å². The molecule has 0 unspecified atom stereocenters. The van der Waals surface area contributed by atoms with Crippen LogP contribution in [0.1, 0.15) is 30.1 Å². The summed E-state index contributed by atoms with van der Waals surface area (Å²) in [6.45, 7) is 0. The smallest absolute Gasteiger partial charge is 0.231 e. The highest BCUT2D eigenvalue weighted by molar-refractivity contribution is 7.13. The minimum atomic E-state index is -0.130. The topological polar surface area (TPSA) is 96.5 Å². The van der Waals surface area contributed by atoms with Crippen LogP contribution in [0.15, 0.2) is 30.0 Å². The molecular weight excluding hydrogens is 312 g/mol. The molecule has 0 aromatic carbocycles. The van der Waals surface area contributed by atoms with Gasteiger partial charge in [-0.2, -0.15) is 5.10 Å². The van der Waals surface area contributed by atoms with Crippen LogP contribution >= 0.6 is 11.3 Å². The Morgan fingerprint density at radius 3 is 3.09 bits per heavy atom. The van der Waals surface area contributed by atoms with Crippen molar-refractivity contribution in [2.45, 2.75) is 25.2 Å². The first kappa shape index (κ1) is 14.0. The standard InChI is InChI=1S/C15H14N6OS/c22-14(19-13-6-11(20-21-13)9-1-2-9)5-10-8-23-15(18-10)12-7-16-3-4-17-12/h3-4,6-9H,1-2,5H2,(H2,19,20,21,22). The van der Waals surface area contributed by atoms with Gasteiger partial charge in [0.25, 0.3) is 0 Å². The Labute approximate surface area is 136 Å². The first-order valence-electron chi connectivity index (χ1n) is 7.34. The van der Waals surface area contributed by atoms with E-state index in [9.17, 15) is 4.79 Å². The highest BCUT2D eigenvalue weighted by Crippen LogP contribution is 2.39. The van der Waals surface area contributed by atoms with Gasteiger partial charge < -0.3 is 5.32 Å². The fraction of sp³-hybridized carbons (Fsp3) is 0.267. The monoisotopic (exact) mass is 326 g/mol. The molecule has 3 aromatic rings. The van der Waals surface area contributed by atoms with E-state index in [0.717, 1.165) is 10.7 Å². The quantitative estimate of drug-likeness (QED) is 0.750. The zero-order chi connectivity index (χ0) is 15.6. The largest absolute Gasteiger partial charge is 0.309 e. The van der Waals surface area contributed by atoms with Crippen LogP contribution in [0.2, 0.25) is 0 Å². The van der Waals surface area contributed by atoms with E-state index < -0.39 is 0 Å². The number of aromatic amines is 1. The highest BCUT2D eigenvalue weighted by Gasteiger charge is 2.25. The second kappa shape index (κ2) is 5.88. The molecule has 23 heavy (non-hydrogen) atoms. The fourth-order valence-electron chi connectivity index (χ4n) is 2.27. The predicted molar refractivity (Wildman–Crippen MR) is 86.0 cm³/mol. The second-order valence-electron chi connectivity index (χ2n) is 5.44. The number of nitrogens with one attached hydrogen (secondary N) is 2. The number of amides is 1. The number of carbonyl (C=O) groups excluding carboxylic acids is 1. The summed E-state index contributed by atoms with van der Waals surface area (Å²) in [7, 11) is 0. The first-order chi connectivity index (χ1) is 11.3. The molecule has 116 valence electrons. The highest BCUT2D eigenvalue weighted by atomic mass is 32.1. The van der Waals surface area contributed by atoms with E-state index in [1.165, 1.54) is 24.2 Å². The summed E-state index contributed by atoms with van der Waals surface area (Å²) in [6.07, 6.45) is 7.50. The SMILES string of the molecule is O=C(Cc1csc(-c2cnccn2)n1)Nc1cc(C2CC2)[nH]n1.